The summed E-state index contributed by atoms with van der Waals surface area (Å²) in [7, 11) is 0. The lowest BCUT2D eigenvalue weighted by molar-refractivity contribution is -0.141. The fourth-order valence-corrected chi connectivity index (χ4v) is 3.61. The first kappa shape index (κ1) is 26.9. The van der Waals surface area contributed by atoms with E-state index in [0.29, 0.717) is 0 Å². The van der Waals surface area contributed by atoms with Crippen molar-refractivity contribution >= 4 is 18.0 Å². The summed E-state index contributed by atoms with van der Waals surface area (Å²) in [5, 5.41) is 22.3. The lowest BCUT2D eigenvalue weighted by atomic mass is 10.1. The number of carboxylic acids is 1. The maximum Gasteiger partial charge on any atom is 0.433 e. The number of carbonyl (C=O) groups excluding carboxylic acids is 2. The highest BCUT2D eigenvalue weighted by Crippen LogP contribution is 2.29. The van der Waals surface area contributed by atoms with E-state index in [1.165, 1.54) is 6.07 Å². The molecule has 2 unspecified atom stereocenters. The molecule has 2 aromatic heterocycles. The van der Waals surface area contributed by atoms with E-state index in [0.717, 1.165) is 29.4 Å². The molecule has 0 aliphatic carbocycles. The van der Waals surface area contributed by atoms with Gasteiger partial charge in [-0.25, -0.2) is 9.59 Å². The number of alkyl halides is 3. The quantitative estimate of drug-likeness (QED) is 0.558. The van der Waals surface area contributed by atoms with Crippen molar-refractivity contribution < 1.29 is 42.5 Å². The van der Waals surface area contributed by atoms with Crippen molar-refractivity contribution in [3.05, 3.63) is 47.4 Å². The standard InChI is InChI=1S/C23H25F3N4O6/c1-22(2,3)36-21(35)30-7-6-16(31)18(30)19(32)29-10-13-8-15(27-11-14(13)20(33)34)12-4-5-17(28-9-12)23(24,25)26/h4-5,8-9,11,16,18,31H,6-7,10H2,1-3H3,(H,29,32)(H,33,34). The number of ether oxygens (including phenoxy) is 1. The molecule has 1 fully saturated rings. The van der Waals surface area contributed by atoms with Crippen LogP contribution in [0.1, 0.15) is 48.8 Å². The molecule has 3 rings (SSSR count). The van der Waals surface area contributed by atoms with Crippen LogP contribution >= 0.6 is 0 Å². The van der Waals surface area contributed by atoms with Crippen LogP contribution in [0.15, 0.2) is 30.6 Å². The van der Waals surface area contributed by atoms with E-state index in [9.17, 15) is 37.8 Å². The zero-order valence-corrected chi connectivity index (χ0v) is 19.7. The van der Waals surface area contributed by atoms with Gasteiger partial charge in [0.05, 0.1) is 17.4 Å². The van der Waals surface area contributed by atoms with E-state index >= 15 is 0 Å². The van der Waals surface area contributed by atoms with E-state index in [-0.39, 0.29) is 41.9 Å². The Labute approximate surface area is 204 Å². The van der Waals surface area contributed by atoms with Crippen molar-refractivity contribution in [1.82, 2.24) is 20.2 Å². The molecule has 1 saturated heterocycles. The molecular weight excluding hydrogens is 485 g/mol. The molecule has 0 spiro atoms. The van der Waals surface area contributed by atoms with Gasteiger partial charge in [-0.3, -0.25) is 19.7 Å². The van der Waals surface area contributed by atoms with Gasteiger partial charge in [0.1, 0.15) is 17.3 Å². The number of aromatic nitrogens is 2. The molecule has 2 amide bonds. The van der Waals surface area contributed by atoms with Crippen LogP contribution in [0.5, 0.6) is 0 Å². The van der Waals surface area contributed by atoms with Gasteiger partial charge in [-0.15, -0.1) is 0 Å². The second-order valence-corrected chi connectivity index (χ2v) is 9.15. The zero-order valence-electron chi connectivity index (χ0n) is 19.7. The van der Waals surface area contributed by atoms with E-state index in [2.05, 4.69) is 15.3 Å². The Morgan fingerprint density at radius 3 is 2.42 bits per heavy atom. The van der Waals surface area contributed by atoms with Crippen molar-refractivity contribution in [2.45, 2.75) is 57.7 Å². The van der Waals surface area contributed by atoms with E-state index < -0.39 is 47.6 Å². The number of rotatable bonds is 5. The van der Waals surface area contributed by atoms with Gasteiger partial charge in [-0.1, -0.05) is 0 Å². The zero-order chi connectivity index (χ0) is 26.8. The number of aliphatic hydroxyl groups is 1. The van der Waals surface area contributed by atoms with Gasteiger partial charge in [-0.2, -0.15) is 13.2 Å². The monoisotopic (exact) mass is 510 g/mol. The number of carbonyl (C=O) groups is 3. The number of pyridine rings is 2. The third-order valence-corrected chi connectivity index (χ3v) is 5.29. The Balaban J connectivity index is 1.80. The molecule has 10 nitrogen and oxygen atoms in total. The molecule has 1 aliphatic rings. The molecule has 36 heavy (non-hydrogen) atoms. The van der Waals surface area contributed by atoms with Crippen molar-refractivity contribution in [3.8, 4) is 11.3 Å². The van der Waals surface area contributed by atoms with Crippen LogP contribution in [-0.4, -0.2) is 67.3 Å². The molecule has 1 aliphatic heterocycles. The molecule has 3 N–H and O–H groups in total. The van der Waals surface area contributed by atoms with Crippen molar-refractivity contribution in [2.24, 2.45) is 0 Å². The number of aliphatic hydroxyl groups excluding tert-OH is 1. The van der Waals surface area contributed by atoms with E-state index in [1.54, 1.807) is 20.8 Å². The summed E-state index contributed by atoms with van der Waals surface area (Å²) in [5.41, 5.74) is -1.70. The second kappa shape index (κ2) is 10.1. The number of nitrogens with one attached hydrogen (secondary N) is 1. The summed E-state index contributed by atoms with van der Waals surface area (Å²) in [6, 6.07) is 1.99. The smallest absolute Gasteiger partial charge is 0.433 e. The molecule has 0 bridgehead atoms. The molecule has 194 valence electrons. The highest BCUT2D eigenvalue weighted by Gasteiger charge is 2.42. The average Bonchev–Trinajstić information content (AvgIpc) is 3.17. The molecule has 3 heterocycles. The topological polar surface area (TPSA) is 142 Å². The number of nitrogens with zero attached hydrogens (tertiary/aromatic N) is 3. The van der Waals surface area contributed by atoms with Gasteiger partial charge < -0.3 is 20.3 Å². The molecular formula is C23H25F3N4O6. The molecule has 0 radical (unpaired) electrons. The maximum absolute atomic E-state index is 12.9. The van der Waals surface area contributed by atoms with Crippen LogP contribution in [0.3, 0.4) is 0 Å². The predicted molar refractivity (Wildman–Crippen MR) is 119 cm³/mol. The number of likely N-dealkylation sites (tertiary alicyclic amines) is 1. The normalized spacial score (nSPS) is 18.1. The second-order valence-electron chi connectivity index (χ2n) is 9.15. The van der Waals surface area contributed by atoms with Crippen LogP contribution in [0, 0.1) is 0 Å². The predicted octanol–water partition coefficient (Wildman–Crippen LogP) is 2.85. The number of carboxylic acid groups (broad SMARTS) is 1. The summed E-state index contributed by atoms with van der Waals surface area (Å²) in [6.07, 6.45) is -4.41. The lowest BCUT2D eigenvalue weighted by Gasteiger charge is -2.28. The fourth-order valence-electron chi connectivity index (χ4n) is 3.61. The van der Waals surface area contributed by atoms with Gasteiger partial charge in [-0.05, 0) is 51.0 Å². The SMILES string of the molecule is CC(C)(C)OC(=O)N1CCC(O)C1C(=O)NCc1cc(-c2ccc(C(F)(F)F)nc2)ncc1C(=O)O. The lowest BCUT2D eigenvalue weighted by Crippen LogP contribution is -2.51. The average molecular weight is 510 g/mol. The van der Waals surface area contributed by atoms with Gasteiger partial charge in [0, 0.05) is 31.0 Å². The highest BCUT2D eigenvalue weighted by atomic mass is 19.4. The van der Waals surface area contributed by atoms with Crippen LogP contribution in [0.25, 0.3) is 11.3 Å². The van der Waals surface area contributed by atoms with E-state index in [1.807, 2.05) is 0 Å². The molecule has 2 atom stereocenters. The summed E-state index contributed by atoms with van der Waals surface area (Å²) >= 11 is 0. The van der Waals surface area contributed by atoms with Crippen molar-refractivity contribution in [2.75, 3.05) is 6.54 Å². The minimum absolute atomic E-state index is 0.0921. The van der Waals surface area contributed by atoms with Gasteiger partial charge in [0.25, 0.3) is 0 Å². The van der Waals surface area contributed by atoms with E-state index in [4.69, 9.17) is 4.74 Å². The Bertz CT molecular complexity index is 1150. The maximum atomic E-state index is 12.9. The number of hydrogen-bond donors (Lipinski definition) is 3. The van der Waals surface area contributed by atoms with Gasteiger partial charge in [0.15, 0.2) is 0 Å². The van der Waals surface area contributed by atoms with Crippen molar-refractivity contribution in [3.63, 3.8) is 0 Å². The third kappa shape index (κ3) is 6.27. The molecule has 0 saturated carbocycles. The van der Waals surface area contributed by atoms with Crippen LogP contribution < -0.4 is 5.32 Å². The molecule has 0 aromatic carbocycles. The Hall–Kier alpha value is -3.74. The third-order valence-electron chi connectivity index (χ3n) is 5.29. The van der Waals surface area contributed by atoms with Crippen LogP contribution in [0.4, 0.5) is 18.0 Å². The molecule has 2 aromatic rings. The number of hydrogen-bond acceptors (Lipinski definition) is 7. The first-order chi connectivity index (χ1) is 16.7. The summed E-state index contributed by atoms with van der Waals surface area (Å²) in [5.74, 6) is -2.06. The summed E-state index contributed by atoms with van der Waals surface area (Å²) in [6.45, 7) is 4.76. The largest absolute Gasteiger partial charge is 0.478 e. The number of aromatic carboxylic acids is 1. The Kier molecular flexibility index (Phi) is 7.53. The Morgan fingerprint density at radius 2 is 1.86 bits per heavy atom. The summed E-state index contributed by atoms with van der Waals surface area (Å²) in [4.78, 5) is 45.5. The van der Waals surface area contributed by atoms with Crippen LogP contribution in [0.2, 0.25) is 0 Å². The molecule has 13 heteroatoms. The number of halogens is 3. The number of amides is 2. The Morgan fingerprint density at radius 1 is 1.17 bits per heavy atom. The summed E-state index contributed by atoms with van der Waals surface area (Å²) < 4.78 is 43.6. The first-order valence-corrected chi connectivity index (χ1v) is 10.9. The minimum Gasteiger partial charge on any atom is -0.478 e. The highest BCUT2D eigenvalue weighted by molar-refractivity contribution is 5.90. The van der Waals surface area contributed by atoms with Gasteiger partial charge >= 0.3 is 18.2 Å². The first-order valence-electron chi connectivity index (χ1n) is 10.9. The van der Waals surface area contributed by atoms with Crippen molar-refractivity contribution in [1.29, 1.82) is 0 Å². The van der Waals surface area contributed by atoms with Crippen LogP contribution in [-0.2, 0) is 22.3 Å². The minimum atomic E-state index is -4.62. The van der Waals surface area contributed by atoms with Gasteiger partial charge in [0.2, 0.25) is 5.91 Å². The fraction of sp³-hybridized carbons (Fsp3) is 0.435.